The second-order valence-electron chi connectivity index (χ2n) is 8.35. The van der Waals surface area contributed by atoms with Gasteiger partial charge >= 0.3 is 0 Å². The van der Waals surface area contributed by atoms with Gasteiger partial charge in [0.25, 0.3) is 5.91 Å². The van der Waals surface area contributed by atoms with Gasteiger partial charge in [-0.05, 0) is 73.4 Å². The second-order valence-corrected chi connectivity index (χ2v) is 10.1. The van der Waals surface area contributed by atoms with Gasteiger partial charge in [-0.2, -0.15) is 0 Å². The average molecular weight is 499 g/mol. The van der Waals surface area contributed by atoms with Crippen molar-refractivity contribution in [2.75, 3.05) is 19.8 Å². The molecule has 2 N–H and O–H groups in total. The molecule has 1 aliphatic heterocycles. The Labute approximate surface area is 204 Å². The molecule has 7 nitrogen and oxygen atoms in total. The first-order chi connectivity index (χ1) is 16.7. The van der Waals surface area contributed by atoms with E-state index in [1.54, 1.807) is 25.1 Å². The molecule has 3 aromatic carbocycles. The highest BCUT2D eigenvalue weighted by Crippen LogP contribution is 2.32. The van der Waals surface area contributed by atoms with Gasteiger partial charge in [-0.3, -0.25) is 4.79 Å². The standard InChI is InChI=1S/C26H27FN2O5S/c1-17-3-9-22(35(31,32)28-12-11-19-4-7-21(27)8-5-19)16-23(17)26(30)29-18(2)20-6-10-24-25(15-20)34-14-13-33-24/h3-10,15-16,18,28H,11-14H2,1-2H3,(H,29,30). The van der Waals surface area contributed by atoms with Crippen LogP contribution in [0.5, 0.6) is 11.5 Å². The maximum atomic E-state index is 13.0. The topological polar surface area (TPSA) is 93.7 Å². The Kier molecular flexibility index (Phi) is 7.37. The van der Waals surface area contributed by atoms with Crippen molar-refractivity contribution < 1.29 is 27.1 Å². The highest BCUT2D eigenvalue weighted by Gasteiger charge is 2.20. The lowest BCUT2D eigenvalue weighted by Gasteiger charge is -2.21. The summed E-state index contributed by atoms with van der Waals surface area (Å²) in [6.45, 7) is 4.70. The van der Waals surface area contributed by atoms with Gasteiger partial charge in [0, 0.05) is 12.1 Å². The summed E-state index contributed by atoms with van der Waals surface area (Å²) in [5, 5.41) is 2.93. The highest BCUT2D eigenvalue weighted by atomic mass is 32.2. The number of hydrogen-bond donors (Lipinski definition) is 2. The quantitative estimate of drug-likeness (QED) is 0.491. The molecule has 0 saturated heterocycles. The lowest BCUT2D eigenvalue weighted by molar-refractivity contribution is 0.0939. The number of sulfonamides is 1. The number of ether oxygens (including phenoxy) is 2. The molecule has 1 aliphatic rings. The van der Waals surface area contributed by atoms with Gasteiger partial charge in [0.1, 0.15) is 19.0 Å². The number of hydrogen-bond acceptors (Lipinski definition) is 5. The highest BCUT2D eigenvalue weighted by molar-refractivity contribution is 7.89. The van der Waals surface area contributed by atoms with Crippen molar-refractivity contribution in [2.45, 2.75) is 31.2 Å². The predicted molar refractivity (Wildman–Crippen MR) is 130 cm³/mol. The van der Waals surface area contributed by atoms with E-state index in [0.29, 0.717) is 36.7 Å². The van der Waals surface area contributed by atoms with Gasteiger partial charge in [-0.25, -0.2) is 17.5 Å². The Morgan fingerprint density at radius 2 is 1.71 bits per heavy atom. The zero-order valence-electron chi connectivity index (χ0n) is 19.5. The average Bonchev–Trinajstić information content (AvgIpc) is 2.85. The monoisotopic (exact) mass is 498 g/mol. The van der Waals surface area contributed by atoms with Gasteiger partial charge in [0.2, 0.25) is 10.0 Å². The van der Waals surface area contributed by atoms with E-state index in [-0.39, 0.29) is 34.8 Å². The molecule has 35 heavy (non-hydrogen) atoms. The fourth-order valence-corrected chi connectivity index (χ4v) is 4.82. The molecule has 0 fully saturated rings. The normalized spacial score (nSPS) is 13.8. The molecule has 0 aliphatic carbocycles. The third-order valence-corrected chi connectivity index (χ3v) is 7.26. The van der Waals surface area contributed by atoms with E-state index in [9.17, 15) is 17.6 Å². The number of nitrogens with one attached hydrogen (secondary N) is 2. The van der Waals surface area contributed by atoms with Crippen molar-refractivity contribution in [3.8, 4) is 11.5 Å². The molecule has 0 aromatic heterocycles. The van der Waals surface area contributed by atoms with Crippen molar-refractivity contribution >= 4 is 15.9 Å². The Morgan fingerprint density at radius 1 is 1.00 bits per heavy atom. The first-order valence-corrected chi connectivity index (χ1v) is 12.8. The van der Waals surface area contributed by atoms with Crippen LogP contribution in [0.2, 0.25) is 0 Å². The number of fused-ring (bicyclic) bond motifs is 1. The number of carbonyl (C=O) groups excluding carboxylic acids is 1. The number of halogens is 1. The predicted octanol–water partition coefficient (Wildman–Crippen LogP) is 3.92. The van der Waals surface area contributed by atoms with Crippen molar-refractivity contribution in [3.63, 3.8) is 0 Å². The number of rotatable bonds is 8. The summed E-state index contributed by atoms with van der Waals surface area (Å²) >= 11 is 0. The number of amides is 1. The maximum Gasteiger partial charge on any atom is 0.252 e. The third kappa shape index (κ3) is 5.98. The molecule has 1 amide bonds. The maximum absolute atomic E-state index is 13.0. The Morgan fingerprint density at radius 3 is 2.46 bits per heavy atom. The van der Waals surface area contributed by atoms with Crippen LogP contribution in [0.3, 0.4) is 0 Å². The van der Waals surface area contributed by atoms with Gasteiger partial charge in [0.05, 0.1) is 10.9 Å². The van der Waals surface area contributed by atoms with Crippen LogP contribution in [0.15, 0.2) is 65.6 Å². The van der Waals surface area contributed by atoms with Gasteiger partial charge in [0.15, 0.2) is 11.5 Å². The molecular formula is C26H27FN2O5S. The first kappa shape index (κ1) is 24.7. The van der Waals surface area contributed by atoms with Crippen LogP contribution < -0.4 is 19.5 Å². The first-order valence-electron chi connectivity index (χ1n) is 11.3. The SMILES string of the molecule is Cc1ccc(S(=O)(=O)NCCc2ccc(F)cc2)cc1C(=O)NC(C)c1ccc2c(c1)OCCO2. The molecule has 9 heteroatoms. The van der Waals surface area contributed by atoms with E-state index in [2.05, 4.69) is 10.0 Å². The smallest absolute Gasteiger partial charge is 0.252 e. The van der Waals surface area contributed by atoms with Crippen LogP contribution in [0.4, 0.5) is 4.39 Å². The zero-order valence-corrected chi connectivity index (χ0v) is 20.3. The minimum Gasteiger partial charge on any atom is -0.486 e. The zero-order chi connectivity index (χ0) is 25.0. The van der Waals surface area contributed by atoms with Crippen LogP contribution in [0, 0.1) is 12.7 Å². The molecule has 0 bridgehead atoms. The van der Waals surface area contributed by atoms with E-state index >= 15 is 0 Å². The van der Waals surface area contributed by atoms with Crippen molar-refractivity contribution in [3.05, 3.63) is 88.7 Å². The summed E-state index contributed by atoms with van der Waals surface area (Å²) < 4.78 is 52.4. The Hall–Kier alpha value is -3.43. The molecule has 0 radical (unpaired) electrons. The van der Waals surface area contributed by atoms with Crippen LogP contribution in [0.25, 0.3) is 0 Å². The molecule has 0 spiro atoms. The molecule has 1 heterocycles. The molecule has 3 aromatic rings. The summed E-state index contributed by atoms with van der Waals surface area (Å²) in [7, 11) is -3.84. The minimum absolute atomic E-state index is 0.000612. The summed E-state index contributed by atoms with van der Waals surface area (Å²) in [6.07, 6.45) is 0.408. The lowest BCUT2D eigenvalue weighted by Crippen LogP contribution is -2.29. The fourth-order valence-electron chi connectivity index (χ4n) is 3.76. The number of aryl methyl sites for hydroxylation is 1. The molecular weight excluding hydrogens is 471 g/mol. The van der Waals surface area contributed by atoms with Crippen LogP contribution >= 0.6 is 0 Å². The largest absolute Gasteiger partial charge is 0.486 e. The van der Waals surface area contributed by atoms with E-state index in [4.69, 9.17) is 9.47 Å². The molecule has 1 unspecified atom stereocenters. The molecule has 184 valence electrons. The second kappa shape index (κ2) is 10.5. The van der Waals surface area contributed by atoms with Gasteiger partial charge < -0.3 is 14.8 Å². The molecule has 4 rings (SSSR count). The lowest BCUT2D eigenvalue weighted by atomic mass is 10.0. The van der Waals surface area contributed by atoms with Gasteiger partial charge in [-0.15, -0.1) is 0 Å². The molecule has 0 saturated carbocycles. The van der Waals surface area contributed by atoms with E-state index < -0.39 is 10.0 Å². The number of benzene rings is 3. The van der Waals surface area contributed by atoms with Crippen molar-refractivity contribution in [1.82, 2.24) is 10.0 Å². The van der Waals surface area contributed by atoms with Gasteiger partial charge in [-0.1, -0.05) is 24.3 Å². The van der Waals surface area contributed by atoms with E-state index in [0.717, 1.165) is 11.1 Å². The van der Waals surface area contributed by atoms with Crippen LogP contribution in [0.1, 0.15) is 40.0 Å². The Balaban J connectivity index is 1.43. The summed E-state index contributed by atoms with van der Waals surface area (Å²) in [5.41, 5.74) is 2.58. The van der Waals surface area contributed by atoms with Crippen LogP contribution in [-0.4, -0.2) is 34.1 Å². The summed E-state index contributed by atoms with van der Waals surface area (Å²) in [4.78, 5) is 13.0. The van der Waals surface area contributed by atoms with Crippen molar-refractivity contribution in [2.24, 2.45) is 0 Å². The Bertz CT molecular complexity index is 1330. The minimum atomic E-state index is -3.84. The summed E-state index contributed by atoms with van der Waals surface area (Å²) in [5.74, 6) is 0.571. The van der Waals surface area contributed by atoms with E-state index in [1.165, 1.54) is 24.3 Å². The fraction of sp³-hybridized carbons (Fsp3) is 0.269. The molecule has 1 atom stereocenters. The van der Waals surface area contributed by atoms with Crippen molar-refractivity contribution in [1.29, 1.82) is 0 Å². The summed E-state index contributed by atoms with van der Waals surface area (Å²) in [6, 6.07) is 15.5. The number of carbonyl (C=O) groups is 1. The van der Waals surface area contributed by atoms with Crippen LogP contribution in [-0.2, 0) is 16.4 Å². The van der Waals surface area contributed by atoms with E-state index in [1.807, 2.05) is 25.1 Å². The third-order valence-electron chi connectivity index (χ3n) is 5.80.